The number of anilines is 4. The molecule has 0 saturated carbocycles. The van der Waals surface area contributed by atoms with Gasteiger partial charge in [-0.3, -0.25) is 24.3 Å². The smallest absolute Gasteiger partial charge is 0.261 e. The van der Waals surface area contributed by atoms with Crippen molar-refractivity contribution in [2.45, 2.75) is 63.5 Å². The van der Waals surface area contributed by atoms with E-state index in [1.54, 1.807) is 48.2 Å². The molecule has 0 spiro atoms. The van der Waals surface area contributed by atoms with Gasteiger partial charge in [0.25, 0.3) is 11.8 Å². The molecule has 8 rings (SSSR count). The van der Waals surface area contributed by atoms with Crippen LogP contribution in [0.15, 0.2) is 96.0 Å². The maximum atomic E-state index is 14.0. The average Bonchev–Trinajstić information content (AvgIpc) is 3.83. The summed E-state index contributed by atoms with van der Waals surface area (Å²) in [5.74, 6) is 1.20. The first-order valence-electron chi connectivity index (χ1n) is 20.3. The molecule has 0 radical (unpaired) electrons. The third-order valence-electron chi connectivity index (χ3n) is 11.2. The van der Waals surface area contributed by atoms with E-state index in [0.29, 0.717) is 70.6 Å². The minimum atomic E-state index is -0.307. The first-order chi connectivity index (χ1) is 29.4. The number of nitrogens with zero attached hydrogens (tertiary/aromatic N) is 3. The van der Waals surface area contributed by atoms with Crippen LogP contribution in [0.4, 0.5) is 28.4 Å². The highest BCUT2D eigenvalue weighted by Crippen LogP contribution is 2.42. The molecule has 3 heterocycles. The monoisotopic (exact) mass is 839 g/mol. The van der Waals surface area contributed by atoms with E-state index in [1.807, 2.05) is 86.8 Å². The summed E-state index contributed by atoms with van der Waals surface area (Å²) in [4.78, 5) is 49.3. The van der Waals surface area contributed by atoms with Crippen LogP contribution in [0.5, 0.6) is 23.0 Å². The summed E-state index contributed by atoms with van der Waals surface area (Å²) in [6.45, 7) is 4.73. The van der Waals surface area contributed by atoms with Crippen molar-refractivity contribution in [1.29, 1.82) is 0 Å². The lowest BCUT2D eigenvalue weighted by Crippen LogP contribution is -2.37. The number of carbonyl (C=O) groups excluding carboxylic acids is 3. The second-order valence-electron chi connectivity index (χ2n) is 16.0. The average molecular weight is 840 g/mol. The summed E-state index contributed by atoms with van der Waals surface area (Å²) < 4.78 is 24.0. The number of aliphatic imine (C=N–C) groups is 1. The summed E-state index contributed by atoms with van der Waals surface area (Å²) in [5.41, 5.74) is 8.06. The van der Waals surface area contributed by atoms with Crippen molar-refractivity contribution in [2.75, 3.05) is 48.2 Å². The van der Waals surface area contributed by atoms with Gasteiger partial charge >= 0.3 is 0 Å². The second kappa shape index (κ2) is 17.3. The van der Waals surface area contributed by atoms with Gasteiger partial charge in [0.15, 0.2) is 23.0 Å². The highest BCUT2D eigenvalue weighted by Gasteiger charge is 2.36. The normalized spacial score (nSPS) is 15.0. The molecule has 0 fully saturated rings. The minimum Gasteiger partial charge on any atom is -0.493 e. The lowest BCUT2D eigenvalue weighted by Gasteiger charge is -2.22. The molecule has 0 aliphatic carbocycles. The number of methoxy groups -OCH3 is 2. The van der Waals surface area contributed by atoms with Gasteiger partial charge < -0.3 is 34.5 Å². The Balaban J connectivity index is 1.04. The summed E-state index contributed by atoms with van der Waals surface area (Å²) in [5, 5.41) is 6.21. The number of rotatable bonds is 14. The SMILES string of the molecule is CNc1cc(OCc2cc(COc3cc4c(cc3OC)C(=O)N3c5ccccc5C[C@H]3C=N4)cc(NC(=O)CCC(C)(C)S)c2)c(OC)cc1C(=O)N1CCc2ccccc21. The van der Waals surface area contributed by atoms with E-state index in [1.165, 1.54) is 7.11 Å². The number of fused-ring (bicyclic) bond motifs is 5. The highest BCUT2D eigenvalue weighted by atomic mass is 32.1. The van der Waals surface area contributed by atoms with Crippen LogP contribution in [0.1, 0.15) is 69.7 Å². The number of benzene rings is 5. The maximum Gasteiger partial charge on any atom is 0.261 e. The van der Waals surface area contributed by atoms with Crippen LogP contribution in [-0.2, 0) is 30.8 Å². The van der Waals surface area contributed by atoms with Gasteiger partial charge in [0.05, 0.1) is 42.8 Å². The van der Waals surface area contributed by atoms with Crippen molar-refractivity contribution >= 4 is 65.0 Å². The summed E-state index contributed by atoms with van der Waals surface area (Å²) in [6, 6.07) is 28.2. The fourth-order valence-electron chi connectivity index (χ4n) is 8.07. The van der Waals surface area contributed by atoms with Gasteiger partial charge in [-0.05, 0) is 77.6 Å². The highest BCUT2D eigenvalue weighted by molar-refractivity contribution is 7.81. The van der Waals surface area contributed by atoms with Gasteiger partial charge in [0, 0.05) is 66.6 Å². The van der Waals surface area contributed by atoms with Gasteiger partial charge in [-0.1, -0.05) is 50.2 Å². The molecule has 0 aromatic heterocycles. The maximum absolute atomic E-state index is 14.0. The van der Waals surface area contributed by atoms with E-state index in [0.717, 1.165) is 40.0 Å². The van der Waals surface area contributed by atoms with Crippen molar-refractivity contribution in [3.63, 3.8) is 0 Å². The first-order valence-corrected chi connectivity index (χ1v) is 20.8. The van der Waals surface area contributed by atoms with E-state index in [2.05, 4.69) is 23.3 Å². The number of hydrogen-bond donors (Lipinski definition) is 3. The number of thiol groups is 1. The molecule has 3 aliphatic rings. The van der Waals surface area contributed by atoms with Crippen molar-refractivity contribution < 1.29 is 33.3 Å². The van der Waals surface area contributed by atoms with Crippen molar-refractivity contribution in [2.24, 2.45) is 4.99 Å². The molecule has 13 heteroatoms. The lowest BCUT2D eigenvalue weighted by atomic mass is 10.1. The fourth-order valence-corrected chi connectivity index (χ4v) is 8.18. The number of para-hydroxylation sites is 2. The van der Waals surface area contributed by atoms with Gasteiger partial charge in [0.2, 0.25) is 5.91 Å². The molecule has 1 atom stereocenters. The largest absolute Gasteiger partial charge is 0.493 e. The Kier molecular flexibility index (Phi) is 11.7. The van der Waals surface area contributed by atoms with Crippen molar-refractivity contribution in [3.05, 3.63) is 124 Å². The Labute approximate surface area is 361 Å². The van der Waals surface area contributed by atoms with Crippen LogP contribution in [0.25, 0.3) is 0 Å². The van der Waals surface area contributed by atoms with Crippen LogP contribution in [0.2, 0.25) is 0 Å². The zero-order chi connectivity index (χ0) is 42.8. The molecular formula is C48H49N5O7S. The van der Waals surface area contributed by atoms with Crippen LogP contribution in [-0.4, -0.2) is 62.5 Å². The molecule has 3 amide bonds. The third-order valence-corrected chi connectivity index (χ3v) is 11.4. The van der Waals surface area contributed by atoms with E-state index < -0.39 is 0 Å². The Hall–Kier alpha value is -6.47. The van der Waals surface area contributed by atoms with E-state index in [4.69, 9.17) is 23.9 Å². The molecule has 2 N–H and O–H groups in total. The van der Waals surface area contributed by atoms with Gasteiger partial charge in [-0.15, -0.1) is 0 Å². The number of amides is 3. The minimum absolute atomic E-state index is 0.0962. The standard InChI is InChI=1S/C48H49N5O7S/c1-48(2,61)16-14-45(54)51-33-19-29(27-59-43-24-37(49-3)35(22-41(43)57-4)46(55)52-17-15-31-10-6-8-12-39(31)52)18-30(20-33)28-60-44-25-38-36(23-42(44)58-5)47(56)53-34(26-50-38)21-32-11-7-9-13-40(32)53/h6-13,18-20,22-26,34,49,61H,14-17,21,27-28H2,1-5H3,(H,51,54)/t34-/m0/s1. The molecule has 0 bridgehead atoms. The molecule has 5 aromatic rings. The van der Waals surface area contributed by atoms with Gasteiger partial charge in [-0.25, -0.2) is 0 Å². The summed E-state index contributed by atoms with van der Waals surface area (Å²) in [6.07, 6.45) is 4.18. The van der Waals surface area contributed by atoms with E-state index in [-0.39, 0.29) is 48.1 Å². The second-order valence-corrected chi connectivity index (χ2v) is 17.2. The van der Waals surface area contributed by atoms with Gasteiger partial charge in [0.1, 0.15) is 13.2 Å². The van der Waals surface area contributed by atoms with Crippen molar-refractivity contribution in [3.8, 4) is 23.0 Å². The molecule has 314 valence electrons. The zero-order valence-corrected chi connectivity index (χ0v) is 35.8. The van der Waals surface area contributed by atoms with E-state index >= 15 is 0 Å². The molecule has 0 saturated heterocycles. The van der Waals surface area contributed by atoms with Crippen LogP contribution in [0, 0.1) is 0 Å². The topological polar surface area (TPSA) is 131 Å². The lowest BCUT2D eigenvalue weighted by molar-refractivity contribution is -0.116. The van der Waals surface area contributed by atoms with Crippen LogP contribution < -0.4 is 39.4 Å². The Bertz CT molecular complexity index is 2550. The number of ether oxygens (including phenoxy) is 4. The van der Waals surface area contributed by atoms with Crippen LogP contribution >= 0.6 is 12.6 Å². The molecule has 61 heavy (non-hydrogen) atoms. The molecule has 5 aromatic carbocycles. The molecule has 0 unspecified atom stereocenters. The van der Waals surface area contributed by atoms with Crippen LogP contribution in [0.3, 0.4) is 0 Å². The van der Waals surface area contributed by atoms with E-state index in [9.17, 15) is 14.4 Å². The molecular weight excluding hydrogens is 791 g/mol. The van der Waals surface area contributed by atoms with Gasteiger partial charge in [-0.2, -0.15) is 12.6 Å². The quantitative estimate of drug-likeness (QED) is 0.0947. The first kappa shape index (κ1) is 41.3. The molecule has 12 nitrogen and oxygen atoms in total. The number of hydrogen-bond acceptors (Lipinski definition) is 10. The Morgan fingerprint density at radius 3 is 2.18 bits per heavy atom. The predicted molar refractivity (Wildman–Crippen MR) is 242 cm³/mol. The predicted octanol–water partition coefficient (Wildman–Crippen LogP) is 8.82. The summed E-state index contributed by atoms with van der Waals surface area (Å²) in [7, 11) is 4.84. The Morgan fingerprint density at radius 2 is 1.49 bits per heavy atom. The molecule has 3 aliphatic heterocycles. The fraction of sp³-hybridized carbons (Fsp3) is 0.292. The third kappa shape index (κ3) is 8.74. The number of nitrogens with one attached hydrogen (secondary N) is 2. The summed E-state index contributed by atoms with van der Waals surface area (Å²) >= 11 is 4.59. The number of carbonyl (C=O) groups is 3. The Morgan fingerprint density at radius 1 is 0.836 bits per heavy atom. The zero-order valence-electron chi connectivity index (χ0n) is 34.9. The van der Waals surface area contributed by atoms with Crippen molar-refractivity contribution in [1.82, 2.24) is 0 Å².